The largest absolute Gasteiger partial charge is 0.492 e. The maximum atomic E-state index is 14.6. The molecule has 0 radical (unpaired) electrons. The fourth-order valence-electron chi connectivity index (χ4n) is 3.73. The number of halogens is 3. The van der Waals surface area contributed by atoms with Gasteiger partial charge in [-0.05, 0) is 84.1 Å². The Morgan fingerprint density at radius 3 is 2.34 bits per heavy atom. The second-order valence-electron chi connectivity index (χ2n) is 8.43. The van der Waals surface area contributed by atoms with E-state index in [9.17, 15) is 13.2 Å². The molecule has 4 rings (SSSR count). The predicted molar refractivity (Wildman–Crippen MR) is 133 cm³/mol. The molecule has 178 valence electrons. The van der Waals surface area contributed by atoms with Crippen molar-refractivity contribution in [3.63, 3.8) is 0 Å². The highest BCUT2D eigenvalue weighted by Crippen LogP contribution is 2.20. The topological polar surface area (TPSA) is 22.1 Å². The Morgan fingerprint density at radius 1 is 0.771 bits per heavy atom. The molecule has 2 nitrogen and oxygen atoms in total. The number of aryl methyl sites for hydroxylation is 2. The molecule has 0 aliphatic rings. The number of hydrogen-bond donors (Lipinski definition) is 0. The molecule has 0 unspecified atom stereocenters. The van der Waals surface area contributed by atoms with E-state index in [4.69, 9.17) is 4.74 Å². The summed E-state index contributed by atoms with van der Waals surface area (Å²) in [4.78, 5) is 4.44. The Balaban J connectivity index is 1.37. The zero-order valence-corrected chi connectivity index (χ0v) is 19.6. The molecular weight excluding hydrogens is 447 g/mol. The van der Waals surface area contributed by atoms with E-state index in [1.54, 1.807) is 30.5 Å². The van der Waals surface area contributed by atoms with E-state index < -0.39 is 17.5 Å². The van der Waals surface area contributed by atoms with E-state index in [0.717, 1.165) is 48.4 Å². The van der Waals surface area contributed by atoms with Crippen molar-refractivity contribution in [2.24, 2.45) is 0 Å². The van der Waals surface area contributed by atoms with Crippen LogP contribution in [0.2, 0.25) is 0 Å². The highest BCUT2D eigenvalue weighted by molar-refractivity contribution is 5.84. The van der Waals surface area contributed by atoms with E-state index in [1.165, 1.54) is 6.07 Å². The van der Waals surface area contributed by atoms with Crippen LogP contribution in [0.5, 0.6) is 5.75 Å². The number of benzene rings is 3. The Kier molecular flexibility index (Phi) is 8.05. The molecule has 0 bridgehead atoms. The van der Waals surface area contributed by atoms with Gasteiger partial charge in [0.2, 0.25) is 0 Å². The average molecular weight is 474 g/mol. The lowest BCUT2D eigenvalue weighted by molar-refractivity contribution is 0.305. The molecule has 1 heterocycles. The van der Waals surface area contributed by atoms with Crippen molar-refractivity contribution in [2.45, 2.75) is 39.0 Å². The Morgan fingerprint density at radius 2 is 1.60 bits per heavy atom. The van der Waals surface area contributed by atoms with E-state index in [1.807, 2.05) is 18.2 Å². The maximum Gasteiger partial charge on any atom is 0.159 e. The van der Waals surface area contributed by atoms with Crippen LogP contribution in [0.25, 0.3) is 10.8 Å². The molecule has 0 saturated carbocycles. The van der Waals surface area contributed by atoms with Crippen molar-refractivity contribution in [1.82, 2.24) is 4.98 Å². The average Bonchev–Trinajstić information content (AvgIpc) is 2.86. The minimum absolute atomic E-state index is 0.279. The van der Waals surface area contributed by atoms with Crippen molar-refractivity contribution in [3.05, 3.63) is 107 Å². The van der Waals surface area contributed by atoms with Crippen LogP contribution < -0.4 is 4.74 Å². The molecule has 5 heteroatoms. The molecule has 4 aromatic rings. The van der Waals surface area contributed by atoms with Crippen LogP contribution in [0.3, 0.4) is 0 Å². The second kappa shape index (κ2) is 11.6. The molecule has 0 saturated heterocycles. The lowest BCUT2D eigenvalue weighted by Gasteiger charge is -2.07. The molecule has 0 aliphatic carbocycles. The van der Waals surface area contributed by atoms with Gasteiger partial charge in [-0.15, -0.1) is 0 Å². The van der Waals surface area contributed by atoms with Gasteiger partial charge in [0.25, 0.3) is 0 Å². The minimum Gasteiger partial charge on any atom is -0.492 e. The summed E-state index contributed by atoms with van der Waals surface area (Å²) >= 11 is 0. The molecule has 3 aromatic carbocycles. The van der Waals surface area contributed by atoms with E-state index in [-0.39, 0.29) is 5.56 Å². The van der Waals surface area contributed by atoms with Crippen LogP contribution in [0, 0.1) is 29.3 Å². The fourth-order valence-corrected chi connectivity index (χ4v) is 3.73. The van der Waals surface area contributed by atoms with Gasteiger partial charge in [0.1, 0.15) is 11.6 Å². The highest BCUT2D eigenvalue weighted by atomic mass is 19.2. The molecule has 0 aliphatic heterocycles. The minimum atomic E-state index is -0.911. The first-order valence-electron chi connectivity index (χ1n) is 11.8. The highest BCUT2D eigenvalue weighted by Gasteiger charge is 2.06. The van der Waals surface area contributed by atoms with E-state index >= 15 is 0 Å². The molecular formula is C30H26F3NO. The summed E-state index contributed by atoms with van der Waals surface area (Å²) in [5.74, 6) is 4.31. The van der Waals surface area contributed by atoms with Gasteiger partial charge < -0.3 is 4.74 Å². The predicted octanol–water partition coefficient (Wildman–Crippen LogP) is 7.41. The third-order valence-electron chi connectivity index (χ3n) is 5.74. The van der Waals surface area contributed by atoms with Crippen molar-refractivity contribution in [3.8, 4) is 17.6 Å². The Hall–Kier alpha value is -3.78. The van der Waals surface area contributed by atoms with Gasteiger partial charge in [-0.2, -0.15) is 0 Å². The number of fused-ring (bicyclic) bond motifs is 1. The van der Waals surface area contributed by atoms with Gasteiger partial charge in [-0.1, -0.05) is 43.7 Å². The standard InChI is InChI=1S/C30H26F3NO/c1-2-3-4-15-35-27-14-13-26(34-20-27)12-8-22-6-10-23(28(31)17-22)9-5-21-7-11-24-18-29(32)30(33)19-25(24)16-21/h6-7,10-11,13-14,16-20H,2-4,8,12,15H2,1H3. The summed E-state index contributed by atoms with van der Waals surface area (Å²) in [5, 5.41) is 1.12. The quantitative estimate of drug-likeness (QED) is 0.196. The van der Waals surface area contributed by atoms with Crippen LogP contribution in [-0.2, 0) is 12.8 Å². The summed E-state index contributed by atoms with van der Waals surface area (Å²) in [6.07, 6.45) is 6.42. The van der Waals surface area contributed by atoms with Crippen molar-refractivity contribution >= 4 is 10.8 Å². The van der Waals surface area contributed by atoms with Crippen LogP contribution in [0.4, 0.5) is 13.2 Å². The normalized spacial score (nSPS) is 10.7. The number of rotatable bonds is 8. The molecule has 0 fully saturated rings. The smallest absolute Gasteiger partial charge is 0.159 e. The number of pyridine rings is 1. The summed E-state index contributed by atoms with van der Waals surface area (Å²) in [5.41, 5.74) is 2.65. The monoisotopic (exact) mass is 473 g/mol. The third kappa shape index (κ3) is 6.64. The Bertz CT molecular complexity index is 1370. The lowest BCUT2D eigenvalue weighted by Crippen LogP contribution is -1.99. The number of nitrogens with zero attached hydrogens (tertiary/aromatic N) is 1. The van der Waals surface area contributed by atoms with Crippen LogP contribution in [-0.4, -0.2) is 11.6 Å². The van der Waals surface area contributed by atoms with Gasteiger partial charge >= 0.3 is 0 Å². The molecule has 0 atom stereocenters. The van der Waals surface area contributed by atoms with Crippen LogP contribution in [0.15, 0.2) is 66.9 Å². The van der Waals surface area contributed by atoms with Crippen molar-refractivity contribution in [1.29, 1.82) is 0 Å². The van der Waals surface area contributed by atoms with Gasteiger partial charge in [0.15, 0.2) is 11.6 Å². The van der Waals surface area contributed by atoms with Gasteiger partial charge in [0.05, 0.1) is 18.4 Å². The molecule has 0 N–H and O–H groups in total. The molecule has 1 aromatic heterocycles. The summed E-state index contributed by atoms with van der Waals surface area (Å²) in [6.45, 7) is 2.85. The van der Waals surface area contributed by atoms with Gasteiger partial charge in [0, 0.05) is 11.3 Å². The van der Waals surface area contributed by atoms with Crippen molar-refractivity contribution < 1.29 is 17.9 Å². The summed E-state index contributed by atoms with van der Waals surface area (Å²) < 4.78 is 47.2. The molecule has 0 amide bonds. The fraction of sp³-hybridized carbons (Fsp3) is 0.233. The first-order chi connectivity index (χ1) is 17.0. The van der Waals surface area contributed by atoms with Gasteiger partial charge in [-0.25, -0.2) is 13.2 Å². The number of unbranched alkanes of at least 4 members (excludes halogenated alkanes) is 2. The second-order valence-corrected chi connectivity index (χ2v) is 8.43. The maximum absolute atomic E-state index is 14.6. The number of ether oxygens (including phenoxy) is 1. The zero-order chi connectivity index (χ0) is 24.6. The first kappa shape index (κ1) is 24.3. The lowest BCUT2D eigenvalue weighted by atomic mass is 10.0. The first-order valence-corrected chi connectivity index (χ1v) is 11.8. The third-order valence-corrected chi connectivity index (χ3v) is 5.74. The molecule has 0 spiro atoms. The summed E-state index contributed by atoms with van der Waals surface area (Å²) in [7, 11) is 0. The van der Waals surface area contributed by atoms with Crippen LogP contribution in [0.1, 0.15) is 48.6 Å². The zero-order valence-electron chi connectivity index (χ0n) is 19.6. The van der Waals surface area contributed by atoms with E-state index in [2.05, 4.69) is 23.7 Å². The van der Waals surface area contributed by atoms with Crippen LogP contribution >= 0.6 is 0 Å². The summed E-state index contributed by atoms with van der Waals surface area (Å²) in [6, 6.07) is 16.2. The number of hydrogen-bond acceptors (Lipinski definition) is 2. The molecule has 35 heavy (non-hydrogen) atoms. The van der Waals surface area contributed by atoms with Gasteiger partial charge in [-0.3, -0.25) is 4.98 Å². The van der Waals surface area contributed by atoms with Crippen molar-refractivity contribution in [2.75, 3.05) is 6.61 Å². The SMILES string of the molecule is CCCCCOc1ccc(CCc2ccc(C#Cc3ccc4cc(F)c(F)cc4c3)c(F)c2)nc1. The van der Waals surface area contributed by atoms with E-state index in [0.29, 0.717) is 35.8 Å². The number of aromatic nitrogens is 1. The Labute approximate surface area is 203 Å².